The van der Waals surface area contributed by atoms with E-state index in [0.29, 0.717) is 0 Å². The van der Waals surface area contributed by atoms with Gasteiger partial charge in [-0.2, -0.15) is 0 Å². The molecule has 5 heteroatoms. The lowest BCUT2D eigenvalue weighted by Crippen LogP contribution is -2.03. The SMILES string of the molecule is Cc1cc(S(=O)(=O)c2ccc(F)c(C)c2)ccc1F. The molecule has 0 bridgehead atoms. The first kappa shape index (κ1) is 13.7. The Morgan fingerprint density at radius 2 is 1.16 bits per heavy atom. The van der Waals surface area contributed by atoms with Gasteiger partial charge in [0.15, 0.2) is 0 Å². The number of benzene rings is 2. The number of hydrogen-bond donors (Lipinski definition) is 0. The van der Waals surface area contributed by atoms with Crippen molar-refractivity contribution >= 4 is 9.84 Å². The third-order valence-corrected chi connectivity index (χ3v) is 4.63. The summed E-state index contributed by atoms with van der Waals surface area (Å²) >= 11 is 0. The van der Waals surface area contributed by atoms with Gasteiger partial charge in [-0.15, -0.1) is 0 Å². The van der Waals surface area contributed by atoms with Crippen molar-refractivity contribution in [2.45, 2.75) is 23.6 Å². The van der Waals surface area contributed by atoms with Crippen LogP contribution >= 0.6 is 0 Å². The Bertz CT molecular complexity index is 680. The van der Waals surface area contributed by atoms with Gasteiger partial charge in [0.1, 0.15) is 11.6 Å². The molecule has 0 unspecified atom stereocenters. The lowest BCUT2D eigenvalue weighted by molar-refractivity contribution is 0.591. The second-order valence-corrected chi connectivity index (χ2v) is 6.28. The Balaban J connectivity index is 2.58. The minimum Gasteiger partial charge on any atom is -0.219 e. The summed E-state index contributed by atoms with van der Waals surface area (Å²) in [6, 6.07) is 7.16. The molecule has 0 heterocycles. The van der Waals surface area contributed by atoms with Crippen molar-refractivity contribution in [1.29, 1.82) is 0 Å². The quantitative estimate of drug-likeness (QED) is 0.791. The molecule has 2 aromatic carbocycles. The first-order chi connectivity index (χ1) is 8.82. The van der Waals surface area contributed by atoms with Crippen molar-refractivity contribution in [2.75, 3.05) is 0 Å². The van der Waals surface area contributed by atoms with Crippen LogP contribution < -0.4 is 0 Å². The third kappa shape index (κ3) is 2.51. The van der Waals surface area contributed by atoms with Crippen molar-refractivity contribution in [3.05, 3.63) is 59.2 Å². The van der Waals surface area contributed by atoms with E-state index in [-0.39, 0.29) is 20.9 Å². The van der Waals surface area contributed by atoms with Crippen LogP contribution in [-0.2, 0) is 9.84 Å². The third-order valence-electron chi connectivity index (χ3n) is 2.88. The zero-order valence-electron chi connectivity index (χ0n) is 10.4. The lowest BCUT2D eigenvalue weighted by atomic mass is 10.2. The van der Waals surface area contributed by atoms with Crippen molar-refractivity contribution in [3.63, 3.8) is 0 Å². The van der Waals surface area contributed by atoms with E-state index in [4.69, 9.17) is 0 Å². The van der Waals surface area contributed by atoms with Gasteiger partial charge in [-0.25, -0.2) is 17.2 Å². The molecule has 0 N–H and O–H groups in total. The minimum atomic E-state index is -3.75. The molecule has 2 rings (SSSR count). The highest BCUT2D eigenvalue weighted by Crippen LogP contribution is 2.24. The summed E-state index contributed by atoms with van der Waals surface area (Å²) in [5, 5.41) is 0. The molecule has 0 atom stereocenters. The van der Waals surface area contributed by atoms with E-state index in [1.54, 1.807) is 0 Å². The van der Waals surface area contributed by atoms with Gasteiger partial charge in [-0.3, -0.25) is 0 Å². The summed E-state index contributed by atoms with van der Waals surface area (Å²) < 4.78 is 51.0. The van der Waals surface area contributed by atoms with E-state index in [9.17, 15) is 17.2 Å². The van der Waals surface area contributed by atoms with E-state index in [1.165, 1.54) is 38.1 Å². The molecule has 0 saturated heterocycles. The summed E-state index contributed by atoms with van der Waals surface area (Å²) in [5.41, 5.74) is 0.500. The molecule has 2 nitrogen and oxygen atoms in total. The van der Waals surface area contributed by atoms with E-state index < -0.39 is 21.5 Å². The van der Waals surface area contributed by atoms with Gasteiger partial charge in [0.05, 0.1) is 9.79 Å². The van der Waals surface area contributed by atoms with Crippen LogP contribution in [0, 0.1) is 25.5 Å². The van der Waals surface area contributed by atoms with Crippen LogP contribution in [0.1, 0.15) is 11.1 Å². The van der Waals surface area contributed by atoms with Crippen molar-refractivity contribution < 1.29 is 17.2 Å². The van der Waals surface area contributed by atoms with Crippen LogP contribution in [0.4, 0.5) is 8.78 Å². The highest BCUT2D eigenvalue weighted by atomic mass is 32.2. The number of rotatable bonds is 2. The average molecular weight is 282 g/mol. The Morgan fingerprint density at radius 1 is 0.789 bits per heavy atom. The Labute approximate surface area is 110 Å². The lowest BCUT2D eigenvalue weighted by Gasteiger charge is -2.07. The molecule has 19 heavy (non-hydrogen) atoms. The number of sulfone groups is 1. The molecule has 2 aromatic rings. The van der Waals surface area contributed by atoms with Crippen molar-refractivity contribution in [3.8, 4) is 0 Å². The molecule has 100 valence electrons. The van der Waals surface area contributed by atoms with E-state index in [0.717, 1.165) is 12.1 Å². The largest absolute Gasteiger partial charge is 0.219 e. The average Bonchev–Trinajstić information content (AvgIpc) is 2.35. The van der Waals surface area contributed by atoms with Gasteiger partial charge in [0.2, 0.25) is 9.84 Å². The first-order valence-corrected chi connectivity index (χ1v) is 7.08. The van der Waals surface area contributed by atoms with Gasteiger partial charge in [-0.1, -0.05) is 0 Å². The van der Waals surface area contributed by atoms with Gasteiger partial charge >= 0.3 is 0 Å². The summed E-state index contributed by atoms with van der Waals surface area (Å²) in [6.45, 7) is 2.98. The molecular weight excluding hydrogens is 270 g/mol. The first-order valence-electron chi connectivity index (χ1n) is 5.60. The second-order valence-electron chi connectivity index (χ2n) is 4.33. The predicted molar refractivity (Wildman–Crippen MR) is 67.7 cm³/mol. The standard InChI is InChI=1S/C14H12F2O2S/c1-9-7-11(3-5-13(9)15)19(17,18)12-4-6-14(16)10(2)8-12/h3-8H,1-2H3. The fraction of sp³-hybridized carbons (Fsp3) is 0.143. The van der Waals surface area contributed by atoms with E-state index >= 15 is 0 Å². The molecule has 0 aliphatic carbocycles. The highest BCUT2D eigenvalue weighted by Gasteiger charge is 2.19. The van der Waals surface area contributed by atoms with Crippen LogP contribution in [0.3, 0.4) is 0 Å². The van der Waals surface area contributed by atoms with Crippen LogP contribution in [-0.4, -0.2) is 8.42 Å². The molecule has 0 saturated carbocycles. The van der Waals surface area contributed by atoms with Crippen LogP contribution in [0.15, 0.2) is 46.2 Å². The summed E-state index contributed by atoms with van der Waals surface area (Å²) in [4.78, 5) is -0.00480. The zero-order valence-corrected chi connectivity index (χ0v) is 11.3. The fourth-order valence-corrected chi connectivity index (χ4v) is 3.14. The second kappa shape index (κ2) is 4.74. The smallest absolute Gasteiger partial charge is 0.206 e. The molecule has 0 amide bonds. The minimum absolute atomic E-state index is 0.00240. The molecular formula is C14H12F2O2S. The van der Waals surface area contributed by atoms with Crippen molar-refractivity contribution in [1.82, 2.24) is 0 Å². The van der Waals surface area contributed by atoms with Crippen LogP contribution in [0.2, 0.25) is 0 Å². The summed E-state index contributed by atoms with van der Waals surface area (Å²) in [7, 11) is -3.75. The topological polar surface area (TPSA) is 34.1 Å². The van der Waals surface area contributed by atoms with E-state index in [2.05, 4.69) is 0 Å². The maximum Gasteiger partial charge on any atom is 0.206 e. The van der Waals surface area contributed by atoms with Crippen LogP contribution in [0.25, 0.3) is 0 Å². The predicted octanol–water partition coefficient (Wildman–Crippen LogP) is 3.41. The monoisotopic (exact) mass is 282 g/mol. The Hall–Kier alpha value is -1.75. The van der Waals surface area contributed by atoms with Gasteiger partial charge in [-0.05, 0) is 61.4 Å². The number of hydrogen-bond acceptors (Lipinski definition) is 2. The summed E-state index contributed by atoms with van der Waals surface area (Å²) in [6.07, 6.45) is 0. The number of aryl methyl sites for hydroxylation is 2. The molecule has 0 radical (unpaired) electrons. The van der Waals surface area contributed by atoms with Gasteiger partial charge in [0, 0.05) is 0 Å². The zero-order chi connectivity index (χ0) is 14.2. The highest BCUT2D eigenvalue weighted by molar-refractivity contribution is 7.91. The maximum absolute atomic E-state index is 13.2. The van der Waals surface area contributed by atoms with Crippen LogP contribution in [0.5, 0.6) is 0 Å². The molecule has 0 fully saturated rings. The fourth-order valence-electron chi connectivity index (χ4n) is 1.70. The molecule has 0 aliphatic heterocycles. The molecule has 0 aromatic heterocycles. The molecule has 0 spiro atoms. The maximum atomic E-state index is 13.2. The molecule has 0 aliphatic rings. The summed E-state index contributed by atoms with van der Waals surface area (Å²) in [5.74, 6) is -0.927. The normalized spacial score (nSPS) is 11.6. The van der Waals surface area contributed by atoms with E-state index in [1.807, 2.05) is 0 Å². The number of halogens is 2. The Morgan fingerprint density at radius 3 is 1.47 bits per heavy atom. The van der Waals surface area contributed by atoms with Gasteiger partial charge < -0.3 is 0 Å². The Kier molecular flexibility index (Phi) is 3.41. The van der Waals surface area contributed by atoms with Crippen molar-refractivity contribution in [2.24, 2.45) is 0 Å². The van der Waals surface area contributed by atoms with Gasteiger partial charge in [0.25, 0.3) is 0 Å².